The maximum absolute atomic E-state index is 11.0. The molecule has 2 aromatic rings. The molecule has 2 rings (SSSR count). The van der Waals surface area contributed by atoms with Crippen molar-refractivity contribution < 1.29 is 19.7 Å². The molecule has 0 amide bonds. The molecule has 0 fully saturated rings. The summed E-state index contributed by atoms with van der Waals surface area (Å²) in [5.41, 5.74) is -1.03. The molecule has 0 aliphatic rings. The summed E-state index contributed by atoms with van der Waals surface area (Å²) < 4.78 is 0.953. The van der Waals surface area contributed by atoms with Gasteiger partial charge in [-0.15, -0.1) is 4.68 Å². The van der Waals surface area contributed by atoms with Crippen LogP contribution in [0.2, 0.25) is 0 Å². The second kappa shape index (κ2) is 4.72. The van der Waals surface area contributed by atoms with Gasteiger partial charge in [0.05, 0.1) is 10.6 Å². The number of benzene rings is 1. The minimum Gasteiger partial charge on any atom is -0.477 e. The molecule has 0 unspecified atom stereocenters. The summed E-state index contributed by atoms with van der Waals surface area (Å²) in [5.74, 6) is -2.16. The molecule has 0 aliphatic carbocycles. The van der Waals surface area contributed by atoms with Crippen LogP contribution >= 0.6 is 0 Å². The van der Waals surface area contributed by atoms with Crippen molar-refractivity contribution >= 4 is 17.6 Å². The Hall–Kier alpha value is -3.37. The van der Waals surface area contributed by atoms with Crippen molar-refractivity contribution in [3.8, 4) is 5.69 Å². The van der Waals surface area contributed by atoms with E-state index in [4.69, 9.17) is 5.11 Å². The summed E-state index contributed by atoms with van der Waals surface area (Å²) in [6.45, 7) is 0. The first-order valence-corrected chi connectivity index (χ1v) is 4.98. The molecule has 0 spiro atoms. The van der Waals surface area contributed by atoms with Crippen molar-refractivity contribution in [1.82, 2.24) is 14.8 Å². The summed E-state index contributed by atoms with van der Waals surface area (Å²) in [7, 11) is 0. The van der Waals surface area contributed by atoms with Crippen molar-refractivity contribution in [2.75, 3.05) is 0 Å². The molecule has 1 heterocycles. The minimum absolute atomic E-state index is 0.105. The lowest BCUT2D eigenvalue weighted by molar-refractivity contribution is -0.394. The Balaban J connectivity index is 2.52. The zero-order valence-electron chi connectivity index (χ0n) is 9.53. The van der Waals surface area contributed by atoms with Crippen LogP contribution in [0.5, 0.6) is 0 Å². The first-order chi connectivity index (χ1) is 9.40. The number of aromatic nitrogens is 3. The molecule has 20 heavy (non-hydrogen) atoms. The normalized spacial score (nSPS) is 10.2. The van der Waals surface area contributed by atoms with Gasteiger partial charge in [-0.2, -0.15) is 0 Å². The summed E-state index contributed by atoms with van der Waals surface area (Å²) in [6.07, 6.45) is 1.00. The van der Waals surface area contributed by atoms with Crippen LogP contribution in [0.4, 0.5) is 11.6 Å². The fourth-order valence-corrected chi connectivity index (χ4v) is 1.46. The smallest absolute Gasteiger partial charge is 0.477 e. The summed E-state index contributed by atoms with van der Waals surface area (Å²) in [4.78, 5) is 33.8. The van der Waals surface area contributed by atoms with Crippen molar-refractivity contribution in [1.29, 1.82) is 0 Å². The van der Waals surface area contributed by atoms with Gasteiger partial charge in [0, 0.05) is 11.2 Å². The van der Waals surface area contributed by atoms with Crippen molar-refractivity contribution in [3.63, 3.8) is 0 Å². The molecule has 1 N–H and O–H groups in total. The van der Waals surface area contributed by atoms with Crippen molar-refractivity contribution in [2.24, 2.45) is 0 Å². The average Bonchev–Trinajstić information content (AvgIpc) is 2.87. The first kappa shape index (κ1) is 13.1. The predicted molar refractivity (Wildman–Crippen MR) is 61.6 cm³/mol. The monoisotopic (exact) mass is 279 g/mol. The molecule has 0 saturated heterocycles. The predicted octanol–water partition coefficient (Wildman–Crippen LogP) is 0.782. The SMILES string of the molecule is O=C(O)c1cc(-n2cnc([N+](=O)[O-])n2)ccc1[N+](=O)[O-]. The number of hydrogen-bond donors (Lipinski definition) is 1. The van der Waals surface area contributed by atoms with E-state index in [0.717, 1.165) is 23.1 Å². The molecular formula is C9H5N5O6. The fraction of sp³-hybridized carbons (Fsp3) is 0. The lowest BCUT2D eigenvalue weighted by Crippen LogP contribution is -2.05. The molecule has 0 atom stereocenters. The highest BCUT2D eigenvalue weighted by molar-refractivity contribution is 5.93. The molecule has 11 nitrogen and oxygen atoms in total. The van der Waals surface area contributed by atoms with Gasteiger partial charge >= 0.3 is 11.9 Å². The van der Waals surface area contributed by atoms with Gasteiger partial charge in [-0.3, -0.25) is 10.1 Å². The summed E-state index contributed by atoms with van der Waals surface area (Å²) in [5, 5.41) is 33.6. The van der Waals surface area contributed by atoms with Gasteiger partial charge in [-0.05, 0) is 17.1 Å². The van der Waals surface area contributed by atoms with Crippen LogP contribution in [-0.4, -0.2) is 35.7 Å². The second-order valence-electron chi connectivity index (χ2n) is 3.51. The number of carboxylic acids is 1. The van der Waals surface area contributed by atoms with E-state index in [9.17, 15) is 25.0 Å². The molecule has 1 aromatic carbocycles. The van der Waals surface area contributed by atoms with Gasteiger partial charge in [0.1, 0.15) is 5.56 Å². The third-order valence-electron chi connectivity index (χ3n) is 2.31. The maximum Gasteiger partial charge on any atom is 0.491 e. The highest BCUT2D eigenvalue weighted by Gasteiger charge is 2.22. The van der Waals surface area contributed by atoms with Gasteiger partial charge in [-0.25, -0.2) is 4.79 Å². The quantitative estimate of drug-likeness (QED) is 0.635. The van der Waals surface area contributed by atoms with Gasteiger partial charge in [-0.1, -0.05) is 4.98 Å². The molecule has 102 valence electrons. The number of nitrogens with zero attached hydrogens (tertiary/aromatic N) is 5. The number of hydrogen-bond acceptors (Lipinski definition) is 7. The Kier molecular flexibility index (Phi) is 3.08. The van der Waals surface area contributed by atoms with Crippen molar-refractivity contribution in [3.05, 3.63) is 50.3 Å². The van der Waals surface area contributed by atoms with Crippen LogP contribution in [-0.2, 0) is 0 Å². The van der Waals surface area contributed by atoms with Gasteiger partial charge in [0.15, 0.2) is 0 Å². The molecular weight excluding hydrogens is 274 g/mol. The van der Waals surface area contributed by atoms with E-state index in [-0.39, 0.29) is 5.69 Å². The number of rotatable bonds is 4. The molecule has 1 aromatic heterocycles. The van der Waals surface area contributed by atoms with Crippen LogP contribution in [0.1, 0.15) is 10.4 Å². The highest BCUT2D eigenvalue weighted by Crippen LogP contribution is 2.22. The number of nitro groups is 2. The zero-order valence-corrected chi connectivity index (χ0v) is 9.53. The minimum atomic E-state index is -1.49. The Morgan fingerprint density at radius 2 is 1.95 bits per heavy atom. The zero-order chi connectivity index (χ0) is 14.9. The van der Waals surface area contributed by atoms with E-state index in [1.165, 1.54) is 6.07 Å². The standard InChI is InChI=1S/C9H5N5O6/c15-8(16)6-3-5(1-2-7(6)13(17)18)12-4-10-9(11-12)14(19)20/h1-4H,(H,15,16). The molecule has 11 heteroatoms. The largest absolute Gasteiger partial charge is 0.491 e. The molecule has 0 aliphatic heterocycles. The Bertz CT molecular complexity index is 723. The first-order valence-electron chi connectivity index (χ1n) is 4.98. The summed E-state index contributed by atoms with van der Waals surface area (Å²) in [6, 6.07) is 3.17. The third kappa shape index (κ3) is 2.27. The fourth-order valence-electron chi connectivity index (χ4n) is 1.46. The van der Waals surface area contributed by atoms with Crippen molar-refractivity contribution in [2.45, 2.75) is 0 Å². The number of carboxylic acid groups (broad SMARTS) is 1. The van der Waals surface area contributed by atoms with Gasteiger partial charge in [0.2, 0.25) is 6.33 Å². The van der Waals surface area contributed by atoms with Crippen LogP contribution in [0.3, 0.4) is 0 Å². The van der Waals surface area contributed by atoms with Gasteiger partial charge in [0.25, 0.3) is 5.69 Å². The topological polar surface area (TPSA) is 154 Å². The van der Waals surface area contributed by atoms with E-state index >= 15 is 0 Å². The van der Waals surface area contributed by atoms with Crippen LogP contribution < -0.4 is 0 Å². The molecule has 0 saturated carbocycles. The maximum atomic E-state index is 11.0. The van der Waals surface area contributed by atoms with E-state index in [2.05, 4.69) is 10.1 Å². The third-order valence-corrected chi connectivity index (χ3v) is 2.31. The molecule has 0 radical (unpaired) electrons. The van der Waals surface area contributed by atoms with Crippen LogP contribution in [0.25, 0.3) is 5.69 Å². The average molecular weight is 279 g/mol. The number of nitro benzene ring substituents is 1. The highest BCUT2D eigenvalue weighted by atomic mass is 16.6. The second-order valence-corrected chi connectivity index (χ2v) is 3.51. The van der Waals surface area contributed by atoms with E-state index in [0.29, 0.717) is 0 Å². The Morgan fingerprint density at radius 1 is 1.25 bits per heavy atom. The van der Waals surface area contributed by atoms with Crippen LogP contribution in [0, 0.1) is 20.2 Å². The Morgan fingerprint density at radius 3 is 2.45 bits per heavy atom. The van der Waals surface area contributed by atoms with Crippen LogP contribution in [0.15, 0.2) is 24.5 Å². The number of aromatic carboxylic acids is 1. The van der Waals surface area contributed by atoms with Gasteiger partial charge < -0.3 is 15.2 Å². The van der Waals surface area contributed by atoms with E-state index < -0.39 is 33.0 Å². The molecule has 0 bridgehead atoms. The lowest BCUT2D eigenvalue weighted by atomic mass is 10.1. The lowest BCUT2D eigenvalue weighted by Gasteiger charge is -2.00. The Labute approximate surface area is 109 Å². The van der Waals surface area contributed by atoms with E-state index in [1.807, 2.05) is 0 Å². The van der Waals surface area contributed by atoms with E-state index in [1.54, 1.807) is 0 Å². The number of carbonyl (C=O) groups is 1. The summed E-state index contributed by atoms with van der Waals surface area (Å²) >= 11 is 0.